The number of pyridine rings is 4. The van der Waals surface area contributed by atoms with Gasteiger partial charge in [0.25, 0.3) is 23.6 Å². The number of carbonyl (C=O) groups excluding carboxylic acids is 6. The first-order valence-electron chi connectivity index (χ1n) is 24.6. The molecule has 0 aliphatic carbocycles. The van der Waals surface area contributed by atoms with Crippen LogP contribution in [0.5, 0.6) is 5.75 Å². The smallest absolute Gasteiger partial charge is 0.265 e. The van der Waals surface area contributed by atoms with Crippen molar-refractivity contribution in [2.45, 2.75) is 79.1 Å². The second kappa shape index (κ2) is 25.8. The van der Waals surface area contributed by atoms with Crippen LogP contribution in [0.15, 0.2) is 122 Å². The third-order valence-electron chi connectivity index (χ3n) is 13.3. The van der Waals surface area contributed by atoms with Gasteiger partial charge in [0.1, 0.15) is 17.4 Å². The van der Waals surface area contributed by atoms with Crippen molar-refractivity contribution in [3.8, 4) is 5.75 Å². The number of hydrogen-bond acceptors (Lipinski definition) is 13. The highest BCUT2D eigenvalue weighted by molar-refractivity contribution is 7.18. The lowest BCUT2D eigenvalue weighted by Gasteiger charge is -2.29. The van der Waals surface area contributed by atoms with E-state index in [1.807, 2.05) is 45.0 Å². The number of halogens is 4. The predicted molar refractivity (Wildman–Crippen MR) is 314 cm³/mol. The van der Waals surface area contributed by atoms with Crippen molar-refractivity contribution in [2.24, 2.45) is 0 Å². The summed E-state index contributed by atoms with van der Waals surface area (Å²) in [7, 11) is 1.54. The molecule has 0 bridgehead atoms. The summed E-state index contributed by atoms with van der Waals surface area (Å²) in [5.41, 5.74) is 7.40. The number of ketones is 2. The summed E-state index contributed by atoms with van der Waals surface area (Å²) in [5.74, 6) is -0.234. The van der Waals surface area contributed by atoms with Crippen molar-refractivity contribution < 1.29 is 33.5 Å². The van der Waals surface area contributed by atoms with Crippen LogP contribution in [0.2, 0.25) is 18.7 Å². The van der Waals surface area contributed by atoms with E-state index in [1.165, 1.54) is 11.3 Å². The number of hydrogen-bond donors (Lipinski definition) is 2. The number of nitrogens with zero attached hydrogens (tertiary/aromatic N) is 6. The molecule has 0 radical (unpaired) electrons. The van der Waals surface area contributed by atoms with Crippen molar-refractivity contribution in [3.05, 3.63) is 212 Å². The van der Waals surface area contributed by atoms with Gasteiger partial charge in [-0.1, -0.05) is 78.1 Å². The van der Waals surface area contributed by atoms with Gasteiger partial charge in [0.2, 0.25) is 0 Å². The Hall–Kier alpha value is -7.38. The fourth-order valence-corrected chi connectivity index (χ4v) is 12.1. The van der Waals surface area contributed by atoms with Crippen LogP contribution in [-0.2, 0) is 48.4 Å². The molecule has 10 rings (SSSR count). The zero-order valence-corrected chi connectivity index (χ0v) is 47.5. The number of thiophene rings is 2. The van der Waals surface area contributed by atoms with Crippen LogP contribution in [0.4, 0.5) is 11.6 Å². The number of Topliss-reactive ketones (excluding diaryl/α,β-unsaturated/α-hetero) is 2. The summed E-state index contributed by atoms with van der Waals surface area (Å²) in [6.45, 7) is 5.97. The molecule has 0 spiro atoms. The maximum absolute atomic E-state index is 13.7. The van der Waals surface area contributed by atoms with Crippen LogP contribution < -0.4 is 15.4 Å². The van der Waals surface area contributed by atoms with Gasteiger partial charge >= 0.3 is 0 Å². The lowest BCUT2D eigenvalue weighted by molar-refractivity contribution is -0.123. The van der Waals surface area contributed by atoms with Gasteiger partial charge in [-0.2, -0.15) is 0 Å². The number of aryl methyl sites for hydroxylation is 3. The first-order valence-corrected chi connectivity index (χ1v) is 27.7. The van der Waals surface area contributed by atoms with E-state index in [9.17, 15) is 28.8 Å². The van der Waals surface area contributed by atoms with Gasteiger partial charge in [-0.25, -0.2) is 9.97 Å². The Kier molecular flexibility index (Phi) is 19.0. The fourth-order valence-electron chi connectivity index (χ4n) is 9.09. The van der Waals surface area contributed by atoms with Crippen molar-refractivity contribution in [3.63, 3.8) is 0 Å². The number of amides is 4. The molecule has 2 aromatic carbocycles. The van der Waals surface area contributed by atoms with Gasteiger partial charge in [0.05, 0.1) is 58.8 Å². The van der Waals surface area contributed by atoms with Gasteiger partial charge in [0.15, 0.2) is 11.6 Å². The van der Waals surface area contributed by atoms with Gasteiger partial charge in [0, 0.05) is 86.6 Å². The Morgan fingerprint density at radius 3 is 1.45 bits per heavy atom. The van der Waals surface area contributed by atoms with Crippen LogP contribution in [0.1, 0.15) is 97.8 Å². The minimum absolute atomic E-state index is 0. The molecule has 6 aromatic heterocycles. The summed E-state index contributed by atoms with van der Waals surface area (Å²) in [6, 6.07) is 26.2. The second-order valence-corrected chi connectivity index (χ2v) is 23.0. The standard InChI is InChI=1S/C29H24Cl2N4O4S.C29H24Cl2N4O3S.CH4/c1-16-14-33-26(13-24(16)39-2)34-28(37)20-7-6-17(9-21(20)30)15-35-22(12-19-5-3-4-8-32-19)23(36)10-18-11-25(31)40-27(18)29(35)38;1-16-9-26(33-14-17(16)2)34-28(37)21-7-6-18(10-22(21)30)15-35-23(13-20-5-3-4-8-32-20)24(36)11-19-12-25(31)39-27(19)29(35)38;/h3-9,11,13-14,22H,10,12,15H2,1-2H3,(H,33,34,37);3-10,12,14,23H,11,13,15H2,1-2H3,(H,33,34,37);1H4. The number of nitrogens with one attached hydrogen (secondary N) is 2. The lowest BCUT2D eigenvalue weighted by Crippen LogP contribution is -2.44. The minimum Gasteiger partial charge on any atom is -0.496 e. The molecule has 2 unspecified atom stereocenters. The van der Waals surface area contributed by atoms with Crippen molar-refractivity contribution in [2.75, 3.05) is 17.7 Å². The molecule has 0 saturated heterocycles. The molecule has 2 aliphatic heterocycles. The number of anilines is 2. The number of methoxy groups -OCH3 is 1. The van der Waals surface area contributed by atoms with Crippen LogP contribution in [0.3, 0.4) is 0 Å². The van der Waals surface area contributed by atoms with E-state index in [4.69, 9.17) is 51.1 Å². The summed E-state index contributed by atoms with van der Waals surface area (Å²) in [5, 5.41) is 5.93. The van der Waals surface area contributed by atoms with Gasteiger partial charge in [-0.05, 0) is 121 Å². The molecular weight excluding hydrogens is 1140 g/mol. The zero-order chi connectivity index (χ0) is 56.1. The Balaban J connectivity index is 0.000000208. The van der Waals surface area contributed by atoms with E-state index in [1.54, 1.807) is 114 Å². The first-order chi connectivity index (χ1) is 37.9. The highest BCUT2D eigenvalue weighted by atomic mass is 35.5. The molecule has 8 aromatic rings. The average Bonchev–Trinajstić information content (AvgIpc) is 3.97. The summed E-state index contributed by atoms with van der Waals surface area (Å²) >= 11 is 27.8. The average molecular weight is 1190 g/mol. The van der Waals surface area contributed by atoms with Crippen LogP contribution in [0, 0.1) is 20.8 Å². The number of rotatable bonds is 13. The Morgan fingerprint density at radius 1 is 0.588 bits per heavy atom. The maximum atomic E-state index is 13.7. The fraction of sp³-hybridized carbons (Fsp3) is 0.220. The molecule has 21 heteroatoms. The number of benzene rings is 2. The summed E-state index contributed by atoms with van der Waals surface area (Å²) in [4.78, 5) is 101. The number of fused-ring (bicyclic) bond motifs is 2. The Labute approximate surface area is 490 Å². The SMILES string of the molecule is C.COc1cc(NC(=O)c2ccc(CN3C(=O)c4sc(Cl)cc4CC(=O)C3Cc3ccccn3)cc2Cl)ncc1C.Cc1cnc(NC(=O)c2ccc(CN3C(=O)c4sc(Cl)cc4CC(=O)C3Cc3ccccn3)cc2Cl)cc1C. The largest absolute Gasteiger partial charge is 0.496 e. The molecule has 410 valence electrons. The molecule has 2 aliphatic rings. The van der Waals surface area contributed by atoms with Gasteiger partial charge < -0.3 is 25.2 Å². The Morgan fingerprint density at radius 2 is 1.04 bits per heavy atom. The Bertz CT molecular complexity index is 3670. The van der Waals surface area contributed by atoms with Crippen molar-refractivity contribution in [1.29, 1.82) is 0 Å². The zero-order valence-electron chi connectivity index (χ0n) is 42.8. The van der Waals surface area contributed by atoms with E-state index in [0.29, 0.717) is 69.5 Å². The minimum atomic E-state index is -0.731. The van der Waals surface area contributed by atoms with E-state index in [-0.39, 0.29) is 90.8 Å². The molecule has 8 heterocycles. The summed E-state index contributed by atoms with van der Waals surface area (Å²) < 4.78 is 6.21. The quantitative estimate of drug-likeness (QED) is 0.112. The molecule has 2 atom stereocenters. The van der Waals surface area contributed by atoms with Crippen LogP contribution >= 0.6 is 69.1 Å². The first kappa shape index (κ1) is 58.8. The highest BCUT2D eigenvalue weighted by Crippen LogP contribution is 2.36. The molecule has 4 amide bonds. The van der Waals surface area contributed by atoms with E-state index in [2.05, 4.69) is 30.6 Å². The normalized spacial score (nSPS) is 14.9. The van der Waals surface area contributed by atoms with Crippen molar-refractivity contribution >= 4 is 116 Å². The predicted octanol–water partition coefficient (Wildman–Crippen LogP) is 12.5. The van der Waals surface area contributed by atoms with Gasteiger partial charge in [-0.3, -0.25) is 38.7 Å². The molecule has 15 nitrogen and oxygen atoms in total. The van der Waals surface area contributed by atoms with Gasteiger partial charge in [-0.15, -0.1) is 22.7 Å². The molecule has 80 heavy (non-hydrogen) atoms. The van der Waals surface area contributed by atoms with Crippen LogP contribution in [0.25, 0.3) is 0 Å². The highest BCUT2D eigenvalue weighted by Gasteiger charge is 2.39. The third kappa shape index (κ3) is 13.6. The number of aromatic nitrogens is 4. The van der Waals surface area contributed by atoms with E-state index in [0.717, 1.165) is 28.0 Å². The third-order valence-corrected chi connectivity index (χ3v) is 16.6. The monoisotopic (exact) mass is 1190 g/mol. The lowest BCUT2D eigenvalue weighted by atomic mass is 10.0. The second-order valence-electron chi connectivity index (χ2n) is 18.8. The maximum Gasteiger partial charge on any atom is 0.265 e. The number of ether oxygens (including phenoxy) is 1. The van der Waals surface area contributed by atoms with E-state index >= 15 is 0 Å². The van der Waals surface area contributed by atoms with E-state index < -0.39 is 23.9 Å². The molecular formula is C59H52Cl4N8O7S2. The molecule has 0 saturated carbocycles. The topological polar surface area (TPSA) is 194 Å². The molecule has 0 fully saturated rings. The van der Waals surface area contributed by atoms with Crippen LogP contribution in [-0.4, -0.2) is 84.1 Å². The molecule has 2 N–H and O–H groups in total. The van der Waals surface area contributed by atoms with Crippen molar-refractivity contribution in [1.82, 2.24) is 29.7 Å². The number of carbonyl (C=O) groups is 6. The summed E-state index contributed by atoms with van der Waals surface area (Å²) in [6.07, 6.45) is 7.40.